The van der Waals surface area contributed by atoms with E-state index < -0.39 is 0 Å². The maximum Gasteiger partial charge on any atom is 0.105 e. The van der Waals surface area contributed by atoms with Gasteiger partial charge in [0, 0.05) is 10.4 Å². The first-order chi connectivity index (χ1) is 7.40. The highest BCUT2D eigenvalue weighted by atomic mass is 32.1. The van der Waals surface area contributed by atoms with Gasteiger partial charge in [0.05, 0.1) is 26.4 Å². The van der Waals surface area contributed by atoms with Crippen molar-refractivity contribution in [1.29, 1.82) is 0 Å². The third-order valence-corrected chi connectivity index (χ3v) is 3.02. The number of thiophene rings is 1. The van der Waals surface area contributed by atoms with Crippen molar-refractivity contribution in [3.05, 3.63) is 21.9 Å². The van der Waals surface area contributed by atoms with Gasteiger partial charge in [-0.3, -0.25) is 0 Å². The predicted molar refractivity (Wildman–Crippen MR) is 59.6 cm³/mol. The Morgan fingerprint density at radius 2 is 2.47 bits per heavy atom. The predicted octanol–water partition coefficient (Wildman–Crippen LogP) is 0.974. The van der Waals surface area contributed by atoms with Gasteiger partial charge in [0.2, 0.25) is 0 Å². The molecule has 15 heavy (non-hydrogen) atoms. The van der Waals surface area contributed by atoms with Gasteiger partial charge < -0.3 is 15.2 Å². The minimum Gasteiger partial charge on any atom is -0.376 e. The molecule has 1 aromatic heterocycles. The number of hydrogen-bond acceptors (Lipinski definition) is 4. The molecule has 0 radical (unpaired) electrons. The van der Waals surface area contributed by atoms with E-state index in [9.17, 15) is 0 Å². The molecule has 2 heterocycles. The van der Waals surface area contributed by atoms with E-state index in [0.717, 1.165) is 18.8 Å². The van der Waals surface area contributed by atoms with Crippen molar-refractivity contribution in [2.75, 3.05) is 19.8 Å². The zero-order valence-corrected chi connectivity index (χ0v) is 9.18. The van der Waals surface area contributed by atoms with Crippen LogP contribution < -0.4 is 5.73 Å². The fourth-order valence-corrected chi connectivity index (χ4v) is 1.96. The van der Waals surface area contributed by atoms with Gasteiger partial charge >= 0.3 is 0 Å². The summed E-state index contributed by atoms with van der Waals surface area (Å²) >= 11 is 1.67. The lowest BCUT2D eigenvalue weighted by molar-refractivity contribution is -0.134. The van der Waals surface area contributed by atoms with Crippen molar-refractivity contribution < 1.29 is 9.47 Å². The summed E-state index contributed by atoms with van der Waals surface area (Å²) in [6, 6.07) is 2.00. The molecule has 1 fully saturated rings. The Labute approximate surface area is 93.2 Å². The maximum atomic E-state index is 5.63. The molecule has 1 aliphatic rings. The quantitative estimate of drug-likeness (QED) is 0.777. The number of hydrogen-bond donors (Lipinski definition) is 1. The van der Waals surface area contributed by atoms with Crippen molar-refractivity contribution in [1.82, 2.24) is 0 Å². The third-order valence-electron chi connectivity index (χ3n) is 2.13. The maximum absolute atomic E-state index is 5.63. The zero-order valence-electron chi connectivity index (χ0n) is 8.36. The molecular weight excluding hydrogens is 210 g/mol. The first-order valence-corrected chi connectivity index (χ1v) is 5.73. The van der Waals surface area contributed by atoms with Crippen LogP contribution in [0.5, 0.6) is 0 Å². The van der Waals surface area contributed by atoms with E-state index in [4.69, 9.17) is 15.2 Å². The molecule has 0 unspecified atom stereocenters. The Hall–Kier alpha value is -0.860. The second-order valence-electron chi connectivity index (χ2n) is 3.23. The van der Waals surface area contributed by atoms with Crippen LogP contribution in [0.4, 0.5) is 0 Å². The molecule has 0 aromatic carbocycles. The van der Waals surface area contributed by atoms with E-state index >= 15 is 0 Å². The lowest BCUT2D eigenvalue weighted by Gasteiger charge is -2.25. The third kappa shape index (κ3) is 2.80. The number of rotatable bonds is 3. The molecule has 4 heteroatoms. The molecular formula is C11H13NO2S. The summed E-state index contributed by atoms with van der Waals surface area (Å²) in [5.41, 5.74) is 6.36. The summed E-state index contributed by atoms with van der Waals surface area (Å²) < 4.78 is 10.7. The van der Waals surface area contributed by atoms with E-state index in [0.29, 0.717) is 13.2 Å². The molecule has 0 amide bonds. The van der Waals surface area contributed by atoms with Gasteiger partial charge in [-0.15, -0.1) is 11.3 Å². The first kappa shape index (κ1) is 10.7. The summed E-state index contributed by atoms with van der Waals surface area (Å²) in [5.74, 6) is 5.89. The lowest BCUT2D eigenvalue weighted by Crippen LogP contribution is -2.35. The highest BCUT2D eigenvalue weighted by Crippen LogP contribution is 2.18. The van der Waals surface area contributed by atoms with Crippen LogP contribution in [-0.4, -0.2) is 25.9 Å². The van der Waals surface area contributed by atoms with Crippen LogP contribution in [0.25, 0.3) is 0 Å². The standard InChI is InChI=1S/C11H13NO2S/c12-4-1-2-9-3-5-15-11(9)8-14-10-6-13-7-10/h3,5,10H,4,6-8,12H2. The summed E-state index contributed by atoms with van der Waals surface area (Å²) in [6.07, 6.45) is 0.266. The number of ether oxygens (including phenoxy) is 2. The second kappa shape index (κ2) is 5.29. The van der Waals surface area contributed by atoms with Gasteiger partial charge in [-0.2, -0.15) is 0 Å². The first-order valence-electron chi connectivity index (χ1n) is 4.85. The largest absolute Gasteiger partial charge is 0.376 e. The van der Waals surface area contributed by atoms with Crippen LogP contribution in [0.15, 0.2) is 11.4 Å². The van der Waals surface area contributed by atoms with Gasteiger partial charge in [0.25, 0.3) is 0 Å². The van der Waals surface area contributed by atoms with Gasteiger partial charge in [-0.1, -0.05) is 11.8 Å². The van der Waals surface area contributed by atoms with Crippen molar-refractivity contribution >= 4 is 11.3 Å². The normalized spacial score (nSPS) is 15.5. The van der Waals surface area contributed by atoms with Gasteiger partial charge in [0.1, 0.15) is 6.10 Å². The fourth-order valence-electron chi connectivity index (χ4n) is 1.21. The minimum absolute atomic E-state index is 0.266. The lowest BCUT2D eigenvalue weighted by atomic mass is 10.2. The summed E-state index contributed by atoms with van der Waals surface area (Å²) in [6.45, 7) is 2.46. The van der Waals surface area contributed by atoms with E-state index in [2.05, 4.69) is 11.8 Å². The molecule has 80 valence electrons. The van der Waals surface area contributed by atoms with Crippen LogP contribution in [0.1, 0.15) is 10.4 Å². The van der Waals surface area contributed by atoms with Gasteiger partial charge in [0.15, 0.2) is 0 Å². The van der Waals surface area contributed by atoms with Crippen molar-refractivity contribution in [3.8, 4) is 11.8 Å². The Morgan fingerprint density at radius 3 is 3.13 bits per heavy atom. The molecule has 1 aliphatic heterocycles. The number of nitrogens with two attached hydrogens (primary N) is 1. The van der Waals surface area contributed by atoms with E-state index in [1.807, 2.05) is 11.4 Å². The average molecular weight is 223 g/mol. The molecule has 0 aliphatic carbocycles. The van der Waals surface area contributed by atoms with Crippen LogP contribution in [0, 0.1) is 11.8 Å². The molecule has 3 nitrogen and oxygen atoms in total. The SMILES string of the molecule is NCC#Cc1ccsc1COC1COC1. The van der Waals surface area contributed by atoms with Crippen LogP contribution in [-0.2, 0) is 16.1 Å². The molecule has 2 N–H and O–H groups in total. The van der Waals surface area contributed by atoms with E-state index in [1.165, 1.54) is 4.88 Å². The van der Waals surface area contributed by atoms with Gasteiger partial charge in [-0.05, 0) is 11.4 Å². The Bertz CT molecular complexity index is 373. The van der Waals surface area contributed by atoms with Crippen molar-refractivity contribution in [3.63, 3.8) is 0 Å². The topological polar surface area (TPSA) is 44.5 Å². The molecule has 0 bridgehead atoms. The monoisotopic (exact) mass is 223 g/mol. The van der Waals surface area contributed by atoms with Crippen molar-refractivity contribution in [2.45, 2.75) is 12.7 Å². The molecule has 0 saturated carbocycles. The second-order valence-corrected chi connectivity index (χ2v) is 4.23. The highest BCUT2D eigenvalue weighted by Gasteiger charge is 2.19. The fraction of sp³-hybridized carbons (Fsp3) is 0.455. The van der Waals surface area contributed by atoms with Crippen LogP contribution >= 0.6 is 11.3 Å². The zero-order chi connectivity index (χ0) is 10.5. The summed E-state index contributed by atoms with van der Waals surface area (Å²) in [4.78, 5) is 1.17. The van der Waals surface area contributed by atoms with Crippen molar-refractivity contribution in [2.24, 2.45) is 5.73 Å². The van der Waals surface area contributed by atoms with Crippen LogP contribution in [0.2, 0.25) is 0 Å². The Kier molecular flexibility index (Phi) is 3.75. The van der Waals surface area contributed by atoms with Gasteiger partial charge in [-0.25, -0.2) is 0 Å². The van der Waals surface area contributed by atoms with Crippen LogP contribution in [0.3, 0.4) is 0 Å². The minimum atomic E-state index is 0.266. The summed E-state index contributed by atoms with van der Waals surface area (Å²) in [5, 5.41) is 2.02. The molecule has 1 aromatic rings. The average Bonchev–Trinajstić information content (AvgIpc) is 2.60. The Balaban J connectivity index is 1.91. The van der Waals surface area contributed by atoms with E-state index in [-0.39, 0.29) is 6.10 Å². The molecule has 2 rings (SSSR count). The van der Waals surface area contributed by atoms with E-state index in [1.54, 1.807) is 11.3 Å². The smallest absolute Gasteiger partial charge is 0.105 e. The molecule has 1 saturated heterocycles. The Morgan fingerprint density at radius 1 is 1.60 bits per heavy atom. The highest BCUT2D eigenvalue weighted by molar-refractivity contribution is 7.10. The molecule has 0 spiro atoms. The summed E-state index contributed by atoms with van der Waals surface area (Å²) in [7, 11) is 0. The molecule has 0 atom stereocenters.